The molecule has 1 unspecified atom stereocenters. The predicted molar refractivity (Wildman–Crippen MR) is 67.3 cm³/mol. The van der Waals surface area contributed by atoms with Crippen LogP contribution >= 0.6 is 0 Å². The Balaban J connectivity index is 2.48. The third-order valence-corrected chi connectivity index (χ3v) is 3.39. The molecule has 0 saturated carbocycles. The van der Waals surface area contributed by atoms with E-state index in [1.807, 2.05) is 36.4 Å². The summed E-state index contributed by atoms with van der Waals surface area (Å²) in [5, 5.41) is 1.90. The van der Waals surface area contributed by atoms with E-state index in [2.05, 4.69) is 0 Å². The van der Waals surface area contributed by atoms with E-state index in [1.54, 1.807) is 6.07 Å². The van der Waals surface area contributed by atoms with Crippen LogP contribution < -0.4 is 5.73 Å². The zero-order valence-electron chi connectivity index (χ0n) is 9.08. The average molecular weight is 251 g/mol. The molecule has 2 aromatic carbocycles. The number of hydrogen-bond donors (Lipinski definition) is 2. The first-order valence-corrected chi connectivity index (χ1v) is 6.77. The highest BCUT2D eigenvalue weighted by Crippen LogP contribution is 2.23. The van der Waals surface area contributed by atoms with Gasteiger partial charge in [-0.1, -0.05) is 42.5 Å². The van der Waals surface area contributed by atoms with Crippen molar-refractivity contribution in [3.63, 3.8) is 0 Å². The summed E-state index contributed by atoms with van der Waals surface area (Å²) in [6.45, 7) is 0. The van der Waals surface area contributed by atoms with Crippen LogP contribution in [0.1, 0.15) is 11.6 Å². The Labute approximate surface area is 99.8 Å². The lowest BCUT2D eigenvalue weighted by Crippen LogP contribution is -2.21. The Bertz CT molecular complexity index is 632. The maximum Gasteiger partial charge on any atom is 0.266 e. The van der Waals surface area contributed by atoms with Crippen LogP contribution in [0, 0.1) is 0 Å². The van der Waals surface area contributed by atoms with Gasteiger partial charge < -0.3 is 5.73 Å². The maximum atomic E-state index is 10.8. The van der Waals surface area contributed by atoms with Crippen LogP contribution in [0.3, 0.4) is 0 Å². The third kappa shape index (κ3) is 2.82. The van der Waals surface area contributed by atoms with Gasteiger partial charge in [-0.2, -0.15) is 8.42 Å². The van der Waals surface area contributed by atoms with Crippen molar-refractivity contribution in [2.45, 2.75) is 6.04 Å². The van der Waals surface area contributed by atoms with Crippen molar-refractivity contribution in [2.75, 3.05) is 5.75 Å². The van der Waals surface area contributed by atoms with Gasteiger partial charge in [0.2, 0.25) is 0 Å². The van der Waals surface area contributed by atoms with Gasteiger partial charge in [-0.3, -0.25) is 4.55 Å². The largest absolute Gasteiger partial charge is 0.323 e. The number of fused-ring (bicyclic) bond motifs is 1. The maximum absolute atomic E-state index is 10.8. The Kier molecular flexibility index (Phi) is 3.15. The molecule has 5 heteroatoms. The first kappa shape index (κ1) is 12.0. The van der Waals surface area contributed by atoms with Crippen molar-refractivity contribution in [1.82, 2.24) is 0 Å². The lowest BCUT2D eigenvalue weighted by Gasteiger charge is -2.13. The Morgan fingerprint density at radius 1 is 1.12 bits per heavy atom. The monoisotopic (exact) mass is 251 g/mol. The van der Waals surface area contributed by atoms with Crippen molar-refractivity contribution < 1.29 is 13.0 Å². The first-order valence-electron chi connectivity index (χ1n) is 5.16. The summed E-state index contributed by atoms with van der Waals surface area (Å²) >= 11 is 0. The van der Waals surface area contributed by atoms with Gasteiger partial charge in [0.1, 0.15) is 0 Å². The standard InChI is InChI=1S/C12H13NO3S/c13-12(8-17(14,15)16)11-7-3-5-9-4-1-2-6-10(9)11/h1-7,12H,8,13H2,(H,14,15,16). The van der Waals surface area contributed by atoms with Gasteiger partial charge in [0, 0.05) is 6.04 Å². The Hall–Kier alpha value is -1.43. The van der Waals surface area contributed by atoms with Crippen LogP contribution in [0.4, 0.5) is 0 Å². The van der Waals surface area contributed by atoms with Crippen molar-refractivity contribution in [3.05, 3.63) is 48.0 Å². The van der Waals surface area contributed by atoms with E-state index in [0.29, 0.717) is 0 Å². The highest BCUT2D eigenvalue weighted by atomic mass is 32.2. The smallest absolute Gasteiger partial charge is 0.266 e. The Morgan fingerprint density at radius 2 is 1.76 bits per heavy atom. The van der Waals surface area contributed by atoms with E-state index < -0.39 is 21.9 Å². The van der Waals surface area contributed by atoms with Gasteiger partial charge in [0.25, 0.3) is 10.1 Å². The van der Waals surface area contributed by atoms with Gasteiger partial charge in [-0.15, -0.1) is 0 Å². The molecule has 2 rings (SSSR count). The van der Waals surface area contributed by atoms with Crippen molar-refractivity contribution in [2.24, 2.45) is 5.73 Å². The molecule has 1 atom stereocenters. The summed E-state index contributed by atoms with van der Waals surface area (Å²) in [6, 6.07) is 12.4. The number of nitrogens with two attached hydrogens (primary N) is 1. The second kappa shape index (κ2) is 4.44. The molecule has 17 heavy (non-hydrogen) atoms. The molecule has 0 fully saturated rings. The highest BCUT2D eigenvalue weighted by molar-refractivity contribution is 7.85. The van der Waals surface area contributed by atoms with Gasteiger partial charge in [-0.05, 0) is 16.3 Å². The van der Waals surface area contributed by atoms with Gasteiger partial charge in [0.15, 0.2) is 0 Å². The number of benzene rings is 2. The fraction of sp³-hybridized carbons (Fsp3) is 0.167. The molecule has 0 aromatic heterocycles. The van der Waals surface area contributed by atoms with E-state index >= 15 is 0 Å². The topological polar surface area (TPSA) is 80.4 Å². The van der Waals surface area contributed by atoms with Crippen LogP contribution in [-0.2, 0) is 10.1 Å². The molecule has 0 heterocycles. The zero-order chi connectivity index (χ0) is 12.5. The SMILES string of the molecule is NC(CS(=O)(=O)O)c1cccc2ccccc12. The molecule has 0 radical (unpaired) electrons. The highest BCUT2D eigenvalue weighted by Gasteiger charge is 2.16. The van der Waals surface area contributed by atoms with E-state index in [4.69, 9.17) is 10.3 Å². The molecule has 0 saturated heterocycles. The summed E-state index contributed by atoms with van der Waals surface area (Å²) in [5.41, 5.74) is 6.53. The minimum atomic E-state index is -4.07. The molecule has 0 aliphatic heterocycles. The molecule has 90 valence electrons. The van der Waals surface area contributed by atoms with Gasteiger partial charge in [0.05, 0.1) is 5.75 Å². The second-order valence-corrected chi connectivity index (χ2v) is 5.42. The quantitative estimate of drug-likeness (QED) is 0.814. The second-order valence-electron chi connectivity index (χ2n) is 3.92. The van der Waals surface area contributed by atoms with Crippen LogP contribution in [0.5, 0.6) is 0 Å². The van der Waals surface area contributed by atoms with Crippen molar-refractivity contribution >= 4 is 20.9 Å². The summed E-state index contributed by atoms with van der Waals surface area (Å²) < 4.78 is 30.5. The van der Waals surface area contributed by atoms with Crippen LogP contribution in [-0.4, -0.2) is 18.7 Å². The third-order valence-electron chi connectivity index (χ3n) is 2.61. The lowest BCUT2D eigenvalue weighted by atomic mass is 10.0. The van der Waals surface area contributed by atoms with Crippen LogP contribution in [0.25, 0.3) is 10.8 Å². The molecular weight excluding hydrogens is 238 g/mol. The van der Waals surface area contributed by atoms with Crippen molar-refractivity contribution in [3.8, 4) is 0 Å². The molecule has 0 bridgehead atoms. The summed E-state index contributed by atoms with van der Waals surface area (Å²) in [5.74, 6) is -0.471. The lowest BCUT2D eigenvalue weighted by molar-refractivity contribution is 0.478. The van der Waals surface area contributed by atoms with E-state index in [9.17, 15) is 8.42 Å². The van der Waals surface area contributed by atoms with Crippen LogP contribution in [0.2, 0.25) is 0 Å². The summed E-state index contributed by atoms with van der Waals surface area (Å²) in [4.78, 5) is 0. The van der Waals surface area contributed by atoms with Crippen LogP contribution in [0.15, 0.2) is 42.5 Å². The minimum absolute atomic E-state index is 0.471. The van der Waals surface area contributed by atoms with E-state index in [-0.39, 0.29) is 0 Å². The Morgan fingerprint density at radius 3 is 2.47 bits per heavy atom. The average Bonchev–Trinajstić information content (AvgIpc) is 2.26. The number of rotatable bonds is 3. The van der Waals surface area contributed by atoms with E-state index in [1.165, 1.54) is 0 Å². The molecule has 0 amide bonds. The fourth-order valence-electron chi connectivity index (χ4n) is 1.89. The fourth-order valence-corrected chi connectivity index (χ4v) is 2.52. The molecule has 2 aromatic rings. The molecule has 3 N–H and O–H groups in total. The molecular formula is C12H13NO3S. The van der Waals surface area contributed by atoms with Gasteiger partial charge in [-0.25, -0.2) is 0 Å². The molecule has 0 aliphatic carbocycles. The van der Waals surface area contributed by atoms with E-state index in [0.717, 1.165) is 16.3 Å². The minimum Gasteiger partial charge on any atom is -0.323 e. The molecule has 0 spiro atoms. The predicted octanol–water partition coefficient (Wildman–Crippen LogP) is 1.73. The number of hydrogen-bond acceptors (Lipinski definition) is 3. The summed E-state index contributed by atoms with van der Waals surface area (Å²) in [6.07, 6.45) is 0. The zero-order valence-corrected chi connectivity index (χ0v) is 9.89. The summed E-state index contributed by atoms with van der Waals surface area (Å²) in [7, 11) is -4.07. The molecule has 4 nitrogen and oxygen atoms in total. The van der Waals surface area contributed by atoms with Gasteiger partial charge >= 0.3 is 0 Å². The normalized spacial score (nSPS) is 13.8. The first-order chi connectivity index (χ1) is 7.97. The van der Waals surface area contributed by atoms with Crippen molar-refractivity contribution in [1.29, 1.82) is 0 Å². The molecule has 0 aliphatic rings.